The molecule has 1 aliphatic carbocycles. The molecule has 5 heteroatoms. The van der Waals surface area contributed by atoms with Gasteiger partial charge in [-0.2, -0.15) is 0 Å². The SMILES string of the molecule is CCOc1cccc([C@@H]2CC(=O)NC3=C2C(=O)C[C@H](c2cccs2)C3)c1. The van der Waals surface area contributed by atoms with Crippen LogP contribution >= 0.6 is 11.3 Å². The third-order valence-electron chi connectivity index (χ3n) is 5.05. The number of rotatable bonds is 4. The van der Waals surface area contributed by atoms with Gasteiger partial charge in [-0.1, -0.05) is 18.2 Å². The van der Waals surface area contributed by atoms with Crippen LogP contribution in [-0.2, 0) is 9.59 Å². The van der Waals surface area contributed by atoms with Crippen LogP contribution in [0.2, 0.25) is 0 Å². The van der Waals surface area contributed by atoms with Gasteiger partial charge in [-0.3, -0.25) is 9.59 Å². The summed E-state index contributed by atoms with van der Waals surface area (Å²) in [6.07, 6.45) is 1.54. The zero-order chi connectivity index (χ0) is 18.1. The van der Waals surface area contributed by atoms with Crippen LogP contribution in [0.15, 0.2) is 53.0 Å². The molecule has 0 saturated heterocycles. The van der Waals surface area contributed by atoms with E-state index in [0.29, 0.717) is 19.4 Å². The first-order chi connectivity index (χ1) is 12.7. The molecule has 0 fully saturated rings. The van der Waals surface area contributed by atoms with Gasteiger partial charge in [0.1, 0.15) is 5.75 Å². The van der Waals surface area contributed by atoms with Gasteiger partial charge in [0.25, 0.3) is 0 Å². The molecule has 134 valence electrons. The van der Waals surface area contributed by atoms with Crippen molar-refractivity contribution < 1.29 is 14.3 Å². The van der Waals surface area contributed by atoms with Crippen LogP contribution in [0.5, 0.6) is 5.75 Å². The summed E-state index contributed by atoms with van der Waals surface area (Å²) in [6.45, 7) is 2.53. The van der Waals surface area contributed by atoms with E-state index in [1.807, 2.05) is 42.6 Å². The maximum atomic E-state index is 13.0. The highest BCUT2D eigenvalue weighted by Gasteiger charge is 2.38. The van der Waals surface area contributed by atoms with Crippen LogP contribution in [-0.4, -0.2) is 18.3 Å². The first-order valence-corrected chi connectivity index (χ1v) is 9.86. The number of carbonyl (C=O) groups excluding carboxylic acids is 2. The Morgan fingerprint density at radius 3 is 2.81 bits per heavy atom. The molecule has 4 rings (SSSR count). The highest BCUT2D eigenvalue weighted by atomic mass is 32.1. The van der Waals surface area contributed by atoms with Crippen molar-refractivity contribution in [3.8, 4) is 5.75 Å². The summed E-state index contributed by atoms with van der Waals surface area (Å²) in [5, 5.41) is 5.01. The Labute approximate surface area is 156 Å². The van der Waals surface area contributed by atoms with Gasteiger partial charge in [0.15, 0.2) is 5.78 Å². The summed E-state index contributed by atoms with van der Waals surface area (Å²) in [6, 6.07) is 11.8. The van der Waals surface area contributed by atoms with E-state index in [9.17, 15) is 9.59 Å². The second-order valence-corrected chi connectivity index (χ2v) is 7.73. The van der Waals surface area contributed by atoms with E-state index in [0.717, 1.165) is 29.0 Å². The van der Waals surface area contributed by atoms with Gasteiger partial charge in [0.05, 0.1) is 6.61 Å². The maximum absolute atomic E-state index is 13.0. The number of hydrogen-bond donors (Lipinski definition) is 1. The zero-order valence-electron chi connectivity index (χ0n) is 14.7. The lowest BCUT2D eigenvalue weighted by atomic mass is 9.74. The Kier molecular flexibility index (Phi) is 4.64. The first kappa shape index (κ1) is 17.0. The first-order valence-electron chi connectivity index (χ1n) is 8.98. The van der Waals surface area contributed by atoms with Crippen molar-refractivity contribution in [3.63, 3.8) is 0 Å². The van der Waals surface area contributed by atoms with E-state index in [-0.39, 0.29) is 23.5 Å². The summed E-state index contributed by atoms with van der Waals surface area (Å²) in [5.74, 6) is 0.885. The molecule has 2 heterocycles. The van der Waals surface area contributed by atoms with Gasteiger partial charge in [0, 0.05) is 40.8 Å². The molecular formula is C21H21NO3S. The van der Waals surface area contributed by atoms with E-state index in [2.05, 4.69) is 11.4 Å². The lowest BCUT2D eigenvalue weighted by molar-refractivity contribution is -0.122. The van der Waals surface area contributed by atoms with Crippen molar-refractivity contribution in [1.82, 2.24) is 5.32 Å². The second-order valence-electron chi connectivity index (χ2n) is 6.75. The van der Waals surface area contributed by atoms with E-state index < -0.39 is 0 Å². The number of hydrogen-bond acceptors (Lipinski definition) is 4. The standard InChI is InChI=1S/C21H21NO3S/c1-2-25-15-6-3-5-13(9-15)16-12-20(24)22-17-10-14(11-18(23)21(16)17)19-7-4-8-26-19/h3-9,14,16H,2,10-12H2,1H3,(H,22,24)/t14-,16+/m1/s1. The number of carbonyl (C=O) groups is 2. The van der Waals surface area contributed by atoms with Gasteiger partial charge in [-0.25, -0.2) is 0 Å². The summed E-state index contributed by atoms with van der Waals surface area (Å²) < 4.78 is 5.59. The Morgan fingerprint density at radius 2 is 2.04 bits per heavy atom. The van der Waals surface area contributed by atoms with E-state index in [1.54, 1.807) is 11.3 Å². The Hall–Kier alpha value is -2.40. The molecule has 1 aromatic carbocycles. The van der Waals surface area contributed by atoms with Crippen molar-refractivity contribution in [2.75, 3.05) is 6.61 Å². The topological polar surface area (TPSA) is 55.4 Å². The Balaban J connectivity index is 1.70. The fraction of sp³-hybridized carbons (Fsp3) is 0.333. The molecule has 1 amide bonds. The van der Waals surface area contributed by atoms with Gasteiger partial charge in [-0.05, 0) is 42.5 Å². The number of amides is 1. The van der Waals surface area contributed by atoms with Crippen LogP contribution in [0.4, 0.5) is 0 Å². The fourth-order valence-corrected chi connectivity index (χ4v) is 4.79. The minimum Gasteiger partial charge on any atom is -0.494 e. The quantitative estimate of drug-likeness (QED) is 0.883. The van der Waals surface area contributed by atoms with E-state index in [1.165, 1.54) is 4.88 Å². The lowest BCUT2D eigenvalue weighted by Gasteiger charge is -2.34. The summed E-state index contributed by atoms with van der Waals surface area (Å²) in [4.78, 5) is 26.5. The highest BCUT2D eigenvalue weighted by Crippen LogP contribution is 2.43. The minimum atomic E-state index is -0.184. The van der Waals surface area contributed by atoms with Crippen LogP contribution in [0.25, 0.3) is 0 Å². The van der Waals surface area contributed by atoms with Gasteiger partial charge < -0.3 is 10.1 Å². The lowest BCUT2D eigenvalue weighted by Crippen LogP contribution is -2.38. The molecule has 0 radical (unpaired) electrons. The number of allylic oxidation sites excluding steroid dienone is 2. The molecule has 0 bridgehead atoms. The molecule has 2 atom stereocenters. The third kappa shape index (κ3) is 3.19. The molecule has 0 saturated carbocycles. The van der Waals surface area contributed by atoms with Gasteiger partial charge in [-0.15, -0.1) is 11.3 Å². The number of ketones is 1. The maximum Gasteiger partial charge on any atom is 0.225 e. The summed E-state index contributed by atoms with van der Waals surface area (Å²) in [5.41, 5.74) is 2.56. The molecule has 1 aromatic heterocycles. The summed E-state index contributed by atoms with van der Waals surface area (Å²) >= 11 is 1.67. The highest BCUT2D eigenvalue weighted by molar-refractivity contribution is 7.10. The molecule has 1 N–H and O–H groups in total. The number of thiophene rings is 1. The van der Waals surface area contributed by atoms with Crippen LogP contribution in [0.3, 0.4) is 0 Å². The molecule has 1 aliphatic heterocycles. The predicted molar refractivity (Wildman–Crippen MR) is 101 cm³/mol. The number of nitrogens with one attached hydrogen (secondary N) is 1. The second kappa shape index (κ2) is 7.08. The van der Waals surface area contributed by atoms with Crippen molar-refractivity contribution in [1.29, 1.82) is 0 Å². The van der Waals surface area contributed by atoms with Gasteiger partial charge in [0.2, 0.25) is 5.91 Å². The van der Waals surface area contributed by atoms with Crippen molar-refractivity contribution in [3.05, 3.63) is 63.5 Å². The van der Waals surface area contributed by atoms with Crippen LogP contribution < -0.4 is 10.1 Å². The molecule has 2 aromatic rings. The fourth-order valence-electron chi connectivity index (χ4n) is 3.96. The monoisotopic (exact) mass is 367 g/mol. The average molecular weight is 367 g/mol. The van der Waals surface area contributed by atoms with Crippen molar-refractivity contribution >= 4 is 23.0 Å². The molecule has 26 heavy (non-hydrogen) atoms. The zero-order valence-corrected chi connectivity index (χ0v) is 15.5. The van der Waals surface area contributed by atoms with Crippen molar-refractivity contribution in [2.45, 2.75) is 38.0 Å². The number of benzene rings is 1. The molecule has 0 spiro atoms. The molecule has 0 unspecified atom stereocenters. The van der Waals surface area contributed by atoms with E-state index in [4.69, 9.17) is 4.74 Å². The largest absolute Gasteiger partial charge is 0.494 e. The predicted octanol–water partition coefficient (Wildman–Crippen LogP) is 4.15. The smallest absolute Gasteiger partial charge is 0.225 e. The summed E-state index contributed by atoms with van der Waals surface area (Å²) in [7, 11) is 0. The normalized spacial score (nSPS) is 22.8. The van der Waals surface area contributed by atoms with E-state index >= 15 is 0 Å². The van der Waals surface area contributed by atoms with Crippen molar-refractivity contribution in [2.24, 2.45) is 0 Å². The average Bonchev–Trinajstić information content (AvgIpc) is 3.16. The molecular weight excluding hydrogens is 346 g/mol. The third-order valence-corrected chi connectivity index (χ3v) is 6.09. The minimum absolute atomic E-state index is 0.0183. The Bertz CT molecular complexity index is 869. The number of ether oxygens (including phenoxy) is 1. The molecule has 4 nitrogen and oxygen atoms in total. The number of Topliss-reactive ketones (excluding diaryl/α,β-unsaturated/α-hetero) is 1. The van der Waals surface area contributed by atoms with Crippen LogP contribution in [0.1, 0.15) is 48.5 Å². The Morgan fingerprint density at radius 1 is 1.15 bits per heavy atom. The van der Waals surface area contributed by atoms with Gasteiger partial charge >= 0.3 is 0 Å². The van der Waals surface area contributed by atoms with Crippen LogP contribution in [0, 0.1) is 0 Å². The molecule has 2 aliphatic rings.